The number of rotatable bonds is 6. The first-order chi connectivity index (χ1) is 10.6. The van der Waals surface area contributed by atoms with E-state index in [1.807, 2.05) is 49.4 Å². The topological polar surface area (TPSA) is 66.4 Å². The predicted octanol–water partition coefficient (Wildman–Crippen LogP) is 3.34. The number of hydrogen-bond donors (Lipinski definition) is 2. The van der Waals surface area contributed by atoms with Crippen molar-refractivity contribution in [2.45, 2.75) is 25.8 Å². The summed E-state index contributed by atoms with van der Waals surface area (Å²) in [6.45, 7) is 1.89. The minimum absolute atomic E-state index is 0.361. The number of carboxylic acids is 1. The smallest absolute Gasteiger partial charge is 0.326 e. The summed E-state index contributed by atoms with van der Waals surface area (Å²) in [5, 5.41) is 11.6. The van der Waals surface area contributed by atoms with Crippen LogP contribution >= 0.6 is 0 Å². The van der Waals surface area contributed by atoms with Crippen LogP contribution in [-0.2, 0) is 4.79 Å². The van der Waals surface area contributed by atoms with E-state index < -0.39 is 12.0 Å². The van der Waals surface area contributed by atoms with Crippen LogP contribution < -0.4 is 5.32 Å². The van der Waals surface area contributed by atoms with Gasteiger partial charge in [-0.1, -0.05) is 55.8 Å². The monoisotopic (exact) mass is 297 g/mol. The molecule has 0 aliphatic carbocycles. The number of carboxylic acid groups (broad SMARTS) is 1. The zero-order valence-corrected chi connectivity index (χ0v) is 12.5. The zero-order chi connectivity index (χ0) is 15.9. The molecule has 4 nitrogen and oxygen atoms in total. The predicted molar refractivity (Wildman–Crippen MR) is 85.7 cm³/mol. The molecule has 0 spiro atoms. The molecule has 0 aliphatic heterocycles. The van der Waals surface area contributed by atoms with Gasteiger partial charge in [-0.05, 0) is 29.7 Å². The second kappa shape index (κ2) is 7.41. The summed E-state index contributed by atoms with van der Waals surface area (Å²) in [5.74, 6) is -1.36. The van der Waals surface area contributed by atoms with E-state index in [0.29, 0.717) is 18.4 Å². The van der Waals surface area contributed by atoms with E-state index in [1.165, 1.54) is 0 Å². The fourth-order valence-electron chi connectivity index (χ4n) is 2.23. The number of nitrogens with one attached hydrogen (secondary N) is 1. The number of aliphatic carboxylic acids is 1. The van der Waals surface area contributed by atoms with Crippen molar-refractivity contribution in [3.8, 4) is 11.1 Å². The first-order valence-electron chi connectivity index (χ1n) is 7.31. The third-order valence-corrected chi connectivity index (χ3v) is 3.43. The fraction of sp³-hybridized carbons (Fsp3) is 0.222. The number of carbonyl (C=O) groups excluding carboxylic acids is 1. The second-order valence-electron chi connectivity index (χ2n) is 5.10. The van der Waals surface area contributed by atoms with Gasteiger partial charge in [0.25, 0.3) is 5.91 Å². The van der Waals surface area contributed by atoms with Crippen LogP contribution in [0.5, 0.6) is 0 Å². The molecular weight excluding hydrogens is 278 g/mol. The summed E-state index contributed by atoms with van der Waals surface area (Å²) in [7, 11) is 0. The highest BCUT2D eigenvalue weighted by molar-refractivity contribution is 5.97. The van der Waals surface area contributed by atoms with Crippen molar-refractivity contribution in [2.75, 3.05) is 0 Å². The van der Waals surface area contributed by atoms with E-state index in [1.54, 1.807) is 12.1 Å². The minimum atomic E-state index is -1.00. The summed E-state index contributed by atoms with van der Waals surface area (Å²) in [6, 6.07) is 16.2. The van der Waals surface area contributed by atoms with E-state index in [-0.39, 0.29) is 5.91 Å². The molecule has 0 heterocycles. The van der Waals surface area contributed by atoms with Crippen molar-refractivity contribution in [2.24, 2.45) is 0 Å². The Balaban J connectivity index is 2.10. The Morgan fingerprint density at radius 1 is 1.00 bits per heavy atom. The van der Waals surface area contributed by atoms with Gasteiger partial charge < -0.3 is 10.4 Å². The van der Waals surface area contributed by atoms with E-state index in [0.717, 1.165) is 11.1 Å². The van der Waals surface area contributed by atoms with Crippen LogP contribution in [-0.4, -0.2) is 23.0 Å². The summed E-state index contributed by atoms with van der Waals surface area (Å²) in [4.78, 5) is 23.2. The molecule has 2 rings (SSSR count). The Kier molecular flexibility index (Phi) is 5.31. The Hall–Kier alpha value is -2.62. The summed E-state index contributed by atoms with van der Waals surface area (Å²) in [6.07, 6.45) is 1.12. The molecule has 0 bridgehead atoms. The average Bonchev–Trinajstić information content (AvgIpc) is 2.55. The van der Waals surface area contributed by atoms with Gasteiger partial charge in [0.05, 0.1) is 0 Å². The number of amides is 1. The Labute approximate surface area is 129 Å². The van der Waals surface area contributed by atoms with E-state index in [2.05, 4.69) is 5.32 Å². The maximum absolute atomic E-state index is 12.1. The summed E-state index contributed by atoms with van der Waals surface area (Å²) in [5.41, 5.74) is 2.55. The van der Waals surface area contributed by atoms with Crippen LogP contribution in [0.2, 0.25) is 0 Å². The third kappa shape index (κ3) is 3.95. The SMILES string of the molecule is CCC[C@@H](NC(=O)c1ccc(-c2ccccc2)cc1)C(=O)O. The maximum Gasteiger partial charge on any atom is 0.326 e. The normalized spacial score (nSPS) is 11.7. The first-order valence-corrected chi connectivity index (χ1v) is 7.31. The standard InChI is InChI=1S/C18H19NO3/c1-2-6-16(18(21)22)19-17(20)15-11-9-14(10-12-15)13-7-4-3-5-8-13/h3-5,7-12,16H,2,6H2,1H3,(H,19,20)(H,21,22)/t16-/m1/s1. The second-order valence-corrected chi connectivity index (χ2v) is 5.10. The van der Waals surface area contributed by atoms with Gasteiger partial charge in [0.15, 0.2) is 0 Å². The van der Waals surface area contributed by atoms with Crippen molar-refractivity contribution in [3.63, 3.8) is 0 Å². The molecule has 0 radical (unpaired) electrons. The van der Waals surface area contributed by atoms with Gasteiger partial charge in [-0.3, -0.25) is 4.79 Å². The van der Waals surface area contributed by atoms with E-state index in [4.69, 9.17) is 5.11 Å². The van der Waals surface area contributed by atoms with E-state index >= 15 is 0 Å². The molecule has 1 atom stereocenters. The minimum Gasteiger partial charge on any atom is -0.480 e. The highest BCUT2D eigenvalue weighted by Crippen LogP contribution is 2.19. The van der Waals surface area contributed by atoms with Gasteiger partial charge in [0.2, 0.25) is 0 Å². The van der Waals surface area contributed by atoms with Crippen molar-refractivity contribution in [1.82, 2.24) is 5.32 Å². The molecule has 0 saturated heterocycles. The summed E-state index contributed by atoms with van der Waals surface area (Å²) < 4.78 is 0. The maximum atomic E-state index is 12.1. The third-order valence-electron chi connectivity index (χ3n) is 3.43. The molecule has 22 heavy (non-hydrogen) atoms. The Morgan fingerprint density at radius 2 is 1.59 bits per heavy atom. The molecule has 1 amide bonds. The highest BCUT2D eigenvalue weighted by atomic mass is 16.4. The lowest BCUT2D eigenvalue weighted by Gasteiger charge is -2.13. The lowest BCUT2D eigenvalue weighted by atomic mass is 10.0. The van der Waals surface area contributed by atoms with Crippen LogP contribution in [0.1, 0.15) is 30.1 Å². The average molecular weight is 297 g/mol. The van der Waals surface area contributed by atoms with Crippen molar-refractivity contribution < 1.29 is 14.7 Å². The van der Waals surface area contributed by atoms with Crippen LogP contribution in [0.25, 0.3) is 11.1 Å². The molecule has 2 aromatic carbocycles. The first kappa shape index (κ1) is 15.8. The van der Waals surface area contributed by atoms with Gasteiger partial charge >= 0.3 is 5.97 Å². The molecule has 0 aliphatic rings. The zero-order valence-electron chi connectivity index (χ0n) is 12.5. The molecule has 114 valence electrons. The van der Waals surface area contributed by atoms with Crippen molar-refractivity contribution >= 4 is 11.9 Å². The number of hydrogen-bond acceptors (Lipinski definition) is 2. The van der Waals surface area contributed by atoms with Crippen molar-refractivity contribution in [1.29, 1.82) is 0 Å². The summed E-state index contributed by atoms with van der Waals surface area (Å²) >= 11 is 0. The van der Waals surface area contributed by atoms with Gasteiger partial charge in [-0.2, -0.15) is 0 Å². The van der Waals surface area contributed by atoms with Gasteiger partial charge in [-0.25, -0.2) is 4.79 Å². The van der Waals surface area contributed by atoms with Crippen LogP contribution in [0, 0.1) is 0 Å². The fourth-order valence-corrected chi connectivity index (χ4v) is 2.23. The largest absolute Gasteiger partial charge is 0.480 e. The highest BCUT2D eigenvalue weighted by Gasteiger charge is 2.19. The molecule has 2 N–H and O–H groups in total. The molecule has 4 heteroatoms. The number of benzene rings is 2. The van der Waals surface area contributed by atoms with Gasteiger partial charge in [0.1, 0.15) is 6.04 Å². The molecule has 0 saturated carbocycles. The van der Waals surface area contributed by atoms with E-state index in [9.17, 15) is 9.59 Å². The molecular formula is C18H19NO3. The van der Waals surface area contributed by atoms with Crippen molar-refractivity contribution in [3.05, 3.63) is 60.2 Å². The number of carbonyl (C=O) groups is 2. The Morgan fingerprint density at radius 3 is 2.14 bits per heavy atom. The molecule has 0 fully saturated rings. The van der Waals surface area contributed by atoms with Crippen LogP contribution in [0.15, 0.2) is 54.6 Å². The quantitative estimate of drug-likeness (QED) is 0.859. The lowest BCUT2D eigenvalue weighted by Crippen LogP contribution is -2.40. The molecule has 0 aromatic heterocycles. The molecule has 0 unspecified atom stereocenters. The van der Waals surface area contributed by atoms with Crippen LogP contribution in [0.3, 0.4) is 0 Å². The lowest BCUT2D eigenvalue weighted by molar-refractivity contribution is -0.139. The van der Waals surface area contributed by atoms with Gasteiger partial charge in [0, 0.05) is 5.56 Å². The van der Waals surface area contributed by atoms with Gasteiger partial charge in [-0.15, -0.1) is 0 Å². The Bertz CT molecular complexity index is 635. The van der Waals surface area contributed by atoms with Crippen LogP contribution in [0.4, 0.5) is 0 Å². The molecule has 2 aromatic rings.